The number of benzene rings is 3. The van der Waals surface area contributed by atoms with Crippen LogP contribution in [0.2, 0.25) is 0 Å². The van der Waals surface area contributed by atoms with Gasteiger partial charge in [0.25, 0.3) is 0 Å². The van der Waals surface area contributed by atoms with Crippen molar-refractivity contribution in [3.8, 4) is 22.6 Å². The van der Waals surface area contributed by atoms with Crippen molar-refractivity contribution in [1.29, 1.82) is 0 Å². The molecule has 0 bridgehead atoms. The zero-order valence-corrected chi connectivity index (χ0v) is 22.1. The third-order valence-corrected chi connectivity index (χ3v) is 9.93. The summed E-state index contributed by atoms with van der Waals surface area (Å²) in [7, 11) is 0. The number of aryl methyl sites for hydroxylation is 2. The van der Waals surface area contributed by atoms with Crippen molar-refractivity contribution < 1.29 is 18.4 Å². The van der Waals surface area contributed by atoms with E-state index in [1.165, 1.54) is 18.4 Å². The smallest absolute Gasteiger partial charge is 0.159 e. The van der Waals surface area contributed by atoms with Crippen LogP contribution < -0.4 is 9.47 Å². The van der Waals surface area contributed by atoms with E-state index in [4.69, 9.17) is 9.47 Å². The molecule has 36 heavy (non-hydrogen) atoms. The van der Waals surface area contributed by atoms with Crippen LogP contribution in [0.3, 0.4) is 0 Å². The van der Waals surface area contributed by atoms with Gasteiger partial charge in [0.2, 0.25) is 0 Å². The molecule has 0 amide bonds. The zero-order chi connectivity index (χ0) is 25.0. The molecule has 3 aliphatic rings. The predicted octanol–water partition coefficient (Wildman–Crippen LogP) is 7.34. The van der Waals surface area contributed by atoms with E-state index in [9.17, 15) is 4.55 Å². The predicted molar refractivity (Wildman–Crippen MR) is 143 cm³/mol. The molecule has 3 aromatic carbocycles. The third-order valence-electron chi connectivity index (χ3n) is 8.18. The summed E-state index contributed by atoms with van der Waals surface area (Å²) < 4.78 is 39.4. The third kappa shape index (κ3) is 4.41. The monoisotopic (exact) mass is 504 g/mol. The number of hydrogen-bond donors (Lipinski definition) is 0. The summed E-state index contributed by atoms with van der Waals surface area (Å²) in [6.07, 6.45) is 7.51. The first kappa shape index (κ1) is 23.9. The van der Waals surface area contributed by atoms with Gasteiger partial charge in [0.05, 0.1) is 6.26 Å². The lowest BCUT2D eigenvalue weighted by atomic mass is 9.90. The molecule has 188 valence electrons. The van der Waals surface area contributed by atoms with Crippen LogP contribution in [0.25, 0.3) is 11.1 Å². The first-order chi connectivity index (χ1) is 17.3. The quantitative estimate of drug-likeness (QED) is 0.301. The summed E-state index contributed by atoms with van der Waals surface area (Å²) in [5.74, 6) is 2.13. The van der Waals surface area contributed by atoms with Crippen LogP contribution in [-0.4, -0.2) is 22.2 Å². The van der Waals surface area contributed by atoms with E-state index in [-0.39, 0.29) is 16.7 Å². The van der Waals surface area contributed by atoms with E-state index in [0.717, 1.165) is 65.0 Å². The molecular weight excluding hydrogens is 471 g/mol. The van der Waals surface area contributed by atoms with E-state index in [1.54, 1.807) is 12.3 Å². The van der Waals surface area contributed by atoms with Crippen LogP contribution >= 0.6 is 0 Å². The maximum Gasteiger partial charge on any atom is 0.159 e. The number of fused-ring (bicyclic) bond motifs is 1. The van der Waals surface area contributed by atoms with Gasteiger partial charge < -0.3 is 14.0 Å². The molecule has 3 nitrogen and oxygen atoms in total. The largest absolute Gasteiger partial charge is 0.616 e. The number of halogens is 1. The Kier molecular flexibility index (Phi) is 6.04. The van der Waals surface area contributed by atoms with Gasteiger partial charge in [-0.05, 0) is 120 Å². The fraction of sp³-hybridized carbons (Fsp3) is 0.419. The number of rotatable bonds is 8. The van der Waals surface area contributed by atoms with Gasteiger partial charge in [-0.15, -0.1) is 0 Å². The lowest BCUT2D eigenvalue weighted by Gasteiger charge is -2.20. The summed E-state index contributed by atoms with van der Waals surface area (Å²) >= 11 is -0.877. The van der Waals surface area contributed by atoms with Crippen molar-refractivity contribution in [2.45, 2.75) is 69.1 Å². The van der Waals surface area contributed by atoms with Crippen molar-refractivity contribution in [1.82, 2.24) is 0 Å². The van der Waals surface area contributed by atoms with Gasteiger partial charge in [0.1, 0.15) is 30.0 Å². The second-order valence-electron chi connectivity index (χ2n) is 10.8. The molecule has 0 N–H and O–H groups in total. The molecule has 0 heterocycles. The molecule has 2 fully saturated rings. The molecule has 2 atom stereocenters. The van der Waals surface area contributed by atoms with Gasteiger partial charge in [-0.25, -0.2) is 4.39 Å². The van der Waals surface area contributed by atoms with Gasteiger partial charge in [-0.3, -0.25) is 0 Å². The van der Waals surface area contributed by atoms with E-state index < -0.39 is 11.2 Å². The second kappa shape index (κ2) is 9.11. The minimum absolute atomic E-state index is 0.175. The Bertz CT molecular complexity index is 1270. The summed E-state index contributed by atoms with van der Waals surface area (Å²) in [5, 5.41) is 0. The fourth-order valence-corrected chi connectivity index (χ4v) is 6.63. The first-order valence-corrected chi connectivity index (χ1v) is 14.6. The molecule has 0 aliphatic heterocycles. The van der Waals surface area contributed by atoms with E-state index in [2.05, 4.69) is 38.1 Å². The summed E-state index contributed by atoms with van der Waals surface area (Å²) in [6.45, 7) is 4.65. The SMILES string of the molecule is Cc1cc(OCC2([S+](C)[O-])CC2)cc(C)c1-c1ccc(F)c2c1CCC2Oc1ccc(C2CC2)cc1. The second-order valence-corrected chi connectivity index (χ2v) is 12.6. The molecule has 2 unspecified atom stereocenters. The highest BCUT2D eigenvalue weighted by Crippen LogP contribution is 2.46. The lowest BCUT2D eigenvalue weighted by Crippen LogP contribution is -2.29. The Morgan fingerprint density at radius 2 is 1.67 bits per heavy atom. The number of hydrogen-bond acceptors (Lipinski definition) is 3. The van der Waals surface area contributed by atoms with Crippen molar-refractivity contribution in [2.75, 3.05) is 12.9 Å². The average Bonchev–Trinajstić information content (AvgIpc) is 3.78. The molecule has 0 saturated heterocycles. The first-order valence-electron chi connectivity index (χ1n) is 13.0. The highest BCUT2D eigenvalue weighted by Gasteiger charge is 2.53. The van der Waals surface area contributed by atoms with Crippen molar-refractivity contribution in [3.63, 3.8) is 0 Å². The van der Waals surface area contributed by atoms with Gasteiger partial charge in [0, 0.05) is 18.4 Å². The highest BCUT2D eigenvalue weighted by atomic mass is 32.2. The maximum absolute atomic E-state index is 15.1. The summed E-state index contributed by atoms with van der Waals surface area (Å²) in [4.78, 5) is 0. The van der Waals surface area contributed by atoms with Gasteiger partial charge in [-0.2, -0.15) is 0 Å². The fourth-order valence-electron chi connectivity index (χ4n) is 5.73. The van der Waals surface area contributed by atoms with E-state index >= 15 is 4.39 Å². The van der Waals surface area contributed by atoms with Crippen LogP contribution in [0.15, 0.2) is 48.5 Å². The molecule has 3 aromatic rings. The summed E-state index contributed by atoms with van der Waals surface area (Å²) in [5.41, 5.74) is 7.52. The standard InChI is InChI=1S/C31H33FO3S/c1-19-16-24(34-18-31(14-15-31)36(3)33)17-20(2)29(19)25-10-12-27(32)30-26(25)11-13-28(30)35-23-8-6-22(7-9-23)21-4-5-21/h6-10,12,16-17,21,28H,4-5,11,13-15,18H2,1-3H3. The highest BCUT2D eigenvalue weighted by molar-refractivity contribution is 7.92. The molecule has 5 heteroatoms. The van der Waals surface area contributed by atoms with Crippen LogP contribution in [0, 0.1) is 19.7 Å². The minimum atomic E-state index is -0.877. The molecule has 0 spiro atoms. The lowest BCUT2D eigenvalue weighted by molar-refractivity contribution is 0.203. The Balaban J connectivity index is 1.26. The summed E-state index contributed by atoms with van der Waals surface area (Å²) in [6, 6.07) is 16.0. The van der Waals surface area contributed by atoms with Crippen molar-refractivity contribution >= 4 is 11.2 Å². The van der Waals surface area contributed by atoms with E-state index in [0.29, 0.717) is 18.1 Å². The van der Waals surface area contributed by atoms with Crippen molar-refractivity contribution in [2.24, 2.45) is 0 Å². The molecule has 6 rings (SSSR count). The van der Waals surface area contributed by atoms with E-state index in [1.807, 2.05) is 18.2 Å². The van der Waals surface area contributed by atoms with Crippen LogP contribution in [0.5, 0.6) is 11.5 Å². The Labute approximate surface area is 216 Å². The average molecular weight is 505 g/mol. The molecular formula is C31H33FO3S. The Hall–Kier alpha value is -2.50. The minimum Gasteiger partial charge on any atom is -0.616 e. The Morgan fingerprint density at radius 3 is 2.28 bits per heavy atom. The van der Waals surface area contributed by atoms with Gasteiger partial charge >= 0.3 is 0 Å². The Morgan fingerprint density at radius 1 is 0.972 bits per heavy atom. The van der Waals surface area contributed by atoms with Crippen LogP contribution in [0.4, 0.5) is 4.39 Å². The molecule has 2 saturated carbocycles. The van der Waals surface area contributed by atoms with Crippen molar-refractivity contribution in [3.05, 3.63) is 82.2 Å². The van der Waals surface area contributed by atoms with Crippen LogP contribution in [-0.2, 0) is 17.6 Å². The van der Waals surface area contributed by atoms with Gasteiger partial charge in [-0.1, -0.05) is 18.2 Å². The molecule has 0 radical (unpaired) electrons. The topological polar surface area (TPSA) is 41.5 Å². The molecule has 0 aromatic heterocycles. The maximum atomic E-state index is 15.1. The normalized spacial score (nSPS) is 20.6. The molecule has 3 aliphatic carbocycles. The van der Waals surface area contributed by atoms with Crippen LogP contribution in [0.1, 0.15) is 71.9 Å². The zero-order valence-electron chi connectivity index (χ0n) is 21.2. The van der Waals surface area contributed by atoms with Gasteiger partial charge in [0.15, 0.2) is 4.75 Å². The number of ether oxygens (including phenoxy) is 2.